The van der Waals surface area contributed by atoms with E-state index in [1.807, 2.05) is 0 Å². The molecular formula is C22H22F3NO5. The summed E-state index contributed by atoms with van der Waals surface area (Å²) in [5.74, 6) is -0.236. The highest BCUT2D eigenvalue weighted by Crippen LogP contribution is 2.40. The molecule has 9 heteroatoms. The van der Waals surface area contributed by atoms with Gasteiger partial charge in [-0.15, -0.1) is 0 Å². The third-order valence-corrected chi connectivity index (χ3v) is 4.98. The van der Waals surface area contributed by atoms with Crippen LogP contribution in [0.4, 0.5) is 13.2 Å². The van der Waals surface area contributed by atoms with Crippen molar-refractivity contribution in [3.05, 3.63) is 47.0 Å². The largest absolute Gasteiger partial charge is 0.493 e. The van der Waals surface area contributed by atoms with Crippen LogP contribution >= 0.6 is 0 Å². The average Bonchev–Trinajstić information content (AvgIpc) is 2.77. The monoisotopic (exact) mass is 437 g/mol. The van der Waals surface area contributed by atoms with Gasteiger partial charge in [0.05, 0.1) is 34.1 Å². The van der Waals surface area contributed by atoms with E-state index in [4.69, 9.17) is 18.9 Å². The number of benzene rings is 2. The molecule has 0 radical (unpaired) electrons. The normalized spacial score (nSPS) is 14.8. The summed E-state index contributed by atoms with van der Waals surface area (Å²) in [6.45, 7) is -0.125. The smallest absolute Gasteiger partial charge is 0.471 e. The number of hydrogen-bond donors (Lipinski definition) is 0. The van der Waals surface area contributed by atoms with E-state index >= 15 is 0 Å². The zero-order chi connectivity index (χ0) is 22.8. The fourth-order valence-corrected chi connectivity index (χ4v) is 3.48. The summed E-state index contributed by atoms with van der Waals surface area (Å²) in [7, 11) is 5.86. The second-order valence-electron chi connectivity index (χ2n) is 6.71. The van der Waals surface area contributed by atoms with Crippen molar-refractivity contribution in [2.75, 3.05) is 35.0 Å². The molecule has 0 spiro atoms. The van der Waals surface area contributed by atoms with Crippen molar-refractivity contribution in [2.24, 2.45) is 0 Å². The van der Waals surface area contributed by atoms with E-state index in [1.54, 1.807) is 30.3 Å². The van der Waals surface area contributed by atoms with Gasteiger partial charge in [-0.3, -0.25) is 4.79 Å². The maximum atomic E-state index is 13.3. The lowest BCUT2D eigenvalue weighted by atomic mass is 9.94. The molecule has 0 saturated carbocycles. The van der Waals surface area contributed by atoms with Crippen LogP contribution in [0.3, 0.4) is 0 Å². The Morgan fingerprint density at radius 1 is 0.903 bits per heavy atom. The van der Waals surface area contributed by atoms with Crippen molar-refractivity contribution in [3.63, 3.8) is 0 Å². The molecule has 0 saturated heterocycles. The van der Waals surface area contributed by atoms with Gasteiger partial charge < -0.3 is 23.8 Å². The van der Waals surface area contributed by atoms with Crippen molar-refractivity contribution >= 4 is 17.7 Å². The van der Waals surface area contributed by atoms with E-state index in [0.29, 0.717) is 34.1 Å². The Hall–Kier alpha value is -3.36. The van der Waals surface area contributed by atoms with Crippen LogP contribution in [0.15, 0.2) is 30.3 Å². The molecule has 1 aliphatic heterocycles. The second kappa shape index (κ2) is 8.79. The standard InChI is InChI=1S/C22H22F3NO5/c1-28-17-6-5-13(10-18(17)29-2)9-16-15-12-20(31-4)19(30-3)11-14(15)7-8-26(16)21(27)22(23,24)25/h5-6,9-12H,7-8H2,1-4H3/b16-9-. The minimum absolute atomic E-state index is 0.108. The molecule has 1 amide bonds. The molecule has 0 atom stereocenters. The zero-order valence-corrected chi connectivity index (χ0v) is 17.5. The summed E-state index contributed by atoms with van der Waals surface area (Å²) in [4.78, 5) is 12.9. The highest BCUT2D eigenvalue weighted by atomic mass is 19.4. The number of halogens is 3. The summed E-state index contributed by atoms with van der Waals surface area (Å²) >= 11 is 0. The minimum Gasteiger partial charge on any atom is -0.493 e. The van der Waals surface area contributed by atoms with Crippen LogP contribution in [0.1, 0.15) is 16.7 Å². The molecule has 31 heavy (non-hydrogen) atoms. The molecule has 1 aliphatic rings. The molecular weight excluding hydrogens is 415 g/mol. The Labute approximate surface area is 177 Å². The van der Waals surface area contributed by atoms with Crippen LogP contribution in [0, 0.1) is 0 Å². The molecule has 0 fully saturated rings. The number of amides is 1. The first-order chi connectivity index (χ1) is 14.7. The summed E-state index contributed by atoms with van der Waals surface area (Å²) in [5, 5.41) is 0. The summed E-state index contributed by atoms with van der Waals surface area (Å²) in [6, 6.07) is 8.22. The van der Waals surface area contributed by atoms with Gasteiger partial charge >= 0.3 is 12.1 Å². The van der Waals surface area contributed by atoms with Crippen molar-refractivity contribution in [1.82, 2.24) is 4.90 Å². The molecule has 0 bridgehead atoms. The van der Waals surface area contributed by atoms with Gasteiger partial charge in [0.25, 0.3) is 0 Å². The van der Waals surface area contributed by atoms with Gasteiger partial charge in [0.2, 0.25) is 0 Å². The molecule has 166 valence electrons. The van der Waals surface area contributed by atoms with Gasteiger partial charge in [-0.1, -0.05) is 6.07 Å². The van der Waals surface area contributed by atoms with Crippen LogP contribution in [-0.4, -0.2) is 52.0 Å². The van der Waals surface area contributed by atoms with E-state index in [9.17, 15) is 18.0 Å². The maximum absolute atomic E-state index is 13.3. The van der Waals surface area contributed by atoms with Crippen LogP contribution in [0.2, 0.25) is 0 Å². The first kappa shape index (κ1) is 22.3. The topological polar surface area (TPSA) is 57.2 Å². The summed E-state index contributed by atoms with van der Waals surface area (Å²) in [5.41, 5.74) is 1.85. The lowest BCUT2D eigenvalue weighted by molar-refractivity contribution is -0.181. The van der Waals surface area contributed by atoms with Gasteiger partial charge in [0, 0.05) is 12.1 Å². The highest BCUT2D eigenvalue weighted by molar-refractivity contribution is 5.96. The summed E-state index contributed by atoms with van der Waals surface area (Å²) in [6.07, 6.45) is -3.26. The predicted octanol–water partition coefficient (Wildman–Crippen LogP) is 4.17. The van der Waals surface area contributed by atoms with Crippen LogP contribution in [-0.2, 0) is 11.2 Å². The van der Waals surface area contributed by atoms with Gasteiger partial charge in [-0.05, 0) is 47.9 Å². The number of carbonyl (C=O) groups is 1. The Morgan fingerprint density at radius 2 is 1.48 bits per heavy atom. The number of ether oxygens (including phenoxy) is 4. The van der Waals surface area contributed by atoms with Gasteiger partial charge in [-0.2, -0.15) is 13.2 Å². The Balaban J connectivity index is 2.20. The fourth-order valence-electron chi connectivity index (χ4n) is 3.48. The molecule has 3 rings (SSSR count). The predicted molar refractivity (Wildman–Crippen MR) is 108 cm³/mol. The molecule has 0 aromatic heterocycles. The number of fused-ring (bicyclic) bond motifs is 1. The van der Waals surface area contributed by atoms with Crippen molar-refractivity contribution in [1.29, 1.82) is 0 Å². The van der Waals surface area contributed by atoms with Crippen LogP contribution < -0.4 is 18.9 Å². The zero-order valence-electron chi connectivity index (χ0n) is 17.5. The molecule has 0 N–H and O–H groups in total. The fraction of sp³-hybridized carbons (Fsp3) is 0.318. The van der Waals surface area contributed by atoms with Gasteiger partial charge in [0.15, 0.2) is 23.0 Å². The van der Waals surface area contributed by atoms with Crippen LogP contribution in [0.5, 0.6) is 23.0 Å². The quantitative estimate of drug-likeness (QED) is 0.703. The number of rotatable bonds is 5. The number of hydrogen-bond acceptors (Lipinski definition) is 5. The Bertz CT molecular complexity index is 1020. The molecule has 6 nitrogen and oxygen atoms in total. The van der Waals surface area contributed by atoms with Crippen molar-refractivity contribution in [3.8, 4) is 23.0 Å². The number of nitrogens with zero attached hydrogens (tertiary/aromatic N) is 1. The Kier molecular flexibility index (Phi) is 6.33. The molecule has 2 aromatic carbocycles. The maximum Gasteiger partial charge on any atom is 0.471 e. The van der Waals surface area contributed by atoms with E-state index in [1.165, 1.54) is 34.5 Å². The molecule has 0 aliphatic carbocycles. The van der Waals surface area contributed by atoms with Gasteiger partial charge in [0.1, 0.15) is 0 Å². The molecule has 0 unspecified atom stereocenters. The third kappa shape index (κ3) is 4.40. The Morgan fingerprint density at radius 3 is 2.06 bits per heavy atom. The lowest BCUT2D eigenvalue weighted by Crippen LogP contribution is -2.43. The first-order valence-corrected chi connectivity index (χ1v) is 9.31. The third-order valence-electron chi connectivity index (χ3n) is 4.98. The van der Waals surface area contributed by atoms with E-state index in [0.717, 1.165) is 10.5 Å². The van der Waals surface area contributed by atoms with E-state index < -0.39 is 12.1 Å². The second-order valence-corrected chi connectivity index (χ2v) is 6.71. The summed E-state index contributed by atoms with van der Waals surface area (Å²) < 4.78 is 61.0. The van der Waals surface area contributed by atoms with E-state index in [-0.39, 0.29) is 18.7 Å². The minimum atomic E-state index is -5.01. The SMILES string of the molecule is COc1ccc(/C=C2/c3cc(OC)c(OC)cc3CCN2C(=O)C(F)(F)F)cc1OC. The molecule has 2 aromatic rings. The number of methoxy groups -OCH3 is 4. The average molecular weight is 437 g/mol. The highest BCUT2D eigenvalue weighted by Gasteiger charge is 2.45. The number of carbonyl (C=O) groups excluding carboxylic acids is 1. The van der Waals surface area contributed by atoms with Crippen molar-refractivity contribution < 1.29 is 36.9 Å². The molecule has 1 heterocycles. The first-order valence-electron chi connectivity index (χ1n) is 9.31. The lowest BCUT2D eigenvalue weighted by Gasteiger charge is -2.33. The number of alkyl halides is 3. The van der Waals surface area contributed by atoms with Crippen molar-refractivity contribution in [2.45, 2.75) is 12.6 Å². The van der Waals surface area contributed by atoms with Crippen LogP contribution in [0.25, 0.3) is 11.8 Å². The van der Waals surface area contributed by atoms with E-state index in [2.05, 4.69) is 0 Å². The van der Waals surface area contributed by atoms with Gasteiger partial charge in [-0.25, -0.2) is 0 Å².